The maximum absolute atomic E-state index is 11.1. The fourth-order valence-electron chi connectivity index (χ4n) is 3.47. The minimum absolute atomic E-state index is 0.181. The molecule has 2 aromatic rings. The van der Waals surface area contributed by atoms with Crippen LogP contribution >= 0.6 is 11.6 Å². The molecule has 0 aliphatic carbocycles. The monoisotopic (exact) mass is 433 g/mol. The quantitative estimate of drug-likeness (QED) is 0.643. The van der Waals surface area contributed by atoms with Crippen LogP contribution in [0, 0.1) is 0 Å². The Labute approximate surface area is 179 Å². The molecule has 1 amide bonds. The molecule has 2 atom stereocenters. The highest BCUT2D eigenvalue weighted by Crippen LogP contribution is 2.33. The van der Waals surface area contributed by atoms with Crippen molar-refractivity contribution in [3.63, 3.8) is 0 Å². The number of hydrogen-bond acceptors (Lipinski definition) is 8. The molecular weight excluding hydrogens is 410 g/mol. The number of hydrogen-bond donors (Lipinski definition) is 2. The second-order valence-corrected chi connectivity index (χ2v) is 7.55. The van der Waals surface area contributed by atoms with Gasteiger partial charge in [-0.3, -0.25) is 4.79 Å². The molecule has 1 aromatic carbocycles. The van der Waals surface area contributed by atoms with Crippen LogP contribution < -0.4 is 15.4 Å². The Kier molecular flexibility index (Phi) is 6.51. The van der Waals surface area contributed by atoms with Gasteiger partial charge in [-0.05, 0) is 24.1 Å². The molecule has 0 radical (unpaired) electrons. The van der Waals surface area contributed by atoms with E-state index >= 15 is 0 Å². The van der Waals surface area contributed by atoms with Gasteiger partial charge in [0.15, 0.2) is 5.82 Å². The van der Waals surface area contributed by atoms with Crippen molar-refractivity contribution in [2.24, 2.45) is 0 Å². The van der Waals surface area contributed by atoms with Gasteiger partial charge in [0.1, 0.15) is 16.9 Å². The van der Waals surface area contributed by atoms with Gasteiger partial charge in [0.05, 0.1) is 44.8 Å². The number of benzene rings is 1. The van der Waals surface area contributed by atoms with Crippen molar-refractivity contribution in [2.45, 2.75) is 18.6 Å². The average molecular weight is 434 g/mol. The first-order chi connectivity index (χ1) is 14.7. The Bertz CT molecular complexity index is 893. The lowest BCUT2D eigenvalue weighted by atomic mass is 10.1. The number of anilines is 3. The molecule has 2 fully saturated rings. The van der Waals surface area contributed by atoms with Gasteiger partial charge in [-0.2, -0.15) is 4.98 Å². The molecule has 0 spiro atoms. The Morgan fingerprint density at radius 1 is 1.37 bits per heavy atom. The largest absolute Gasteiger partial charge is 0.495 e. The van der Waals surface area contributed by atoms with Crippen LogP contribution in [-0.2, 0) is 14.3 Å². The van der Waals surface area contributed by atoms with Gasteiger partial charge in [0.2, 0.25) is 12.4 Å². The van der Waals surface area contributed by atoms with Crippen molar-refractivity contribution >= 4 is 35.5 Å². The minimum atomic E-state index is -0.192. The second kappa shape index (κ2) is 9.46. The highest BCUT2D eigenvalue weighted by molar-refractivity contribution is 6.32. The molecule has 2 aliphatic heterocycles. The molecule has 160 valence electrons. The standard InChI is InChI=1S/C20H24ClN5O4/c1-28-17-8-13(18-10-26(12-27)5-7-30-18)2-3-16(17)24-20-22-9-15(21)19(25-20)23-14-4-6-29-11-14/h2-3,8-9,12,14,18H,4-7,10-11H2,1H3,(H2,22,23,24,25). The molecule has 30 heavy (non-hydrogen) atoms. The summed E-state index contributed by atoms with van der Waals surface area (Å²) < 4.78 is 16.7. The van der Waals surface area contributed by atoms with E-state index in [1.54, 1.807) is 18.2 Å². The Morgan fingerprint density at radius 2 is 2.27 bits per heavy atom. The Balaban J connectivity index is 1.50. The average Bonchev–Trinajstić information content (AvgIpc) is 3.29. The van der Waals surface area contributed by atoms with Crippen molar-refractivity contribution in [3.05, 3.63) is 35.0 Å². The number of methoxy groups -OCH3 is 1. The number of carbonyl (C=O) groups is 1. The lowest BCUT2D eigenvalue weighted by Crippen LogP contribution is -2.37. The van der Waals surface area contributed by atoms with Crippen LogP contribution in [0.1, 0.15) is 18.1 Å². The van der Waals surface area contributed by atoms with Crippen LogP contribution in [0.3, 0.4) is 0 Å². The molecule has 9 nitrogen and oxygen atoms in total. The summed E-state index contributed by atoms with van der Waals surface area (Å²) in [5.41, 5.74) is 1.64. The van der Waals surface area contributed by atoms with Crippen molar-refractivity contribution < 1.29 is 19.0 Å². The highest BCUT2D eigenvalue weighted by Gasteiger charge is 2.22. The lowest BCUT2D eigenvalue weighted by molar-refractivity contribution is -0.125. The van der Waals surface area contributed by atoms with E-state index in [2.05, 4.69) is 20.6 Å². The fourth-order valence-corrected chi connectivity index (χ4v) is 3.61. The number of nitrogens with one attached hydrogen (secondary N) is 2. The fraction of sp³-hybridized carbons (Fsp3) is 0.450. The summed E-state index contributed by atoms with van der Waals surface area (Å²) in [6.07, 6.45) is 3.12. The van der Waals surface area contributed by atoms with E-state index in [0.29, 0.717) is 54.5 Å². The molecular formula is C20H24ClN5O4. The molecule has 1 aromatic heterocycles. The zero-order valence-corrected chi connectivity index (χ0v) is 17.4. The van der Waals surface area contributed by atoms with Gasteiger partial charge >= 0.3 is 0 Å². The van der Waals surface area contributed by atoms with E-state index in [0.717, 1.165) is 25.0 Å². The number of aromatic nitrogens is 2. The van der Waals surface area contributed by atoms with Crippen molar-refractivity contribution in [2.75, 3.05) is 50.7 Å². The molecule has 2 N–H and O–H groups in total. The van der Waals surface area contributed by atoms with Crippen LogP contribution in [-0.4, -0.2) is 67.3 Å². The maximum atomic E-state index is 11.1. The third-order valence-electron chi connectivity index (χ3n) is 5.11. The first-order valence-corrected chi connectivity index (χ1v) is 10.2. The van der Waals surface area contributed by atoms with E-state index in [1.807, 2.05) is 18.2 Å². The molecule has 2 saturated heterocycles. The van der Waals surface area contributed by atoms with Crippen molar-refractivity contribution in [3.8, 4) is 5.75 Å². The summed E-state index contributed by atoms with van der Waals surface area (Å²) in [6, 6.07) is 5.90. The summed E-state index contributed by atoms with van der Waals surface area (Å²) in [5, 5.41) is 6.93. The van der Waals surface area contributed by atoms with Gasteiger partial charge in [0.25, 0.3) is 0 Å². The predicted octanol–water partition coefficient (Wildman–Crippen LogP) is 2.61. The number of carbonyl (C=O) groups excluding carboxylic acids is 1. The predicted molar refractivity (Wildman–Crippen MR) is 112 cm³/mol. The first-order valence-electron chi connectivity index (χ1n) is 9.79. The maximum Gasteiger partial charge on any atom is 0.229 e. The van der Waals surface area contributed by atoms with Crippen LogP contribution in [0.5, 0.6) is 5.75 Å². The van der Waals surface area contributed by atoms with E-state index in [1.165, 1.54) is 0 Å². The smallest absolute Gasteiger partial charge is 0.229 e. The normalized spacial score (nSPS) is 21.3. The number of amides is 1. The van der Waals surface area contributed by atoms with Gasteiger partial charge in [-0.25, -0.2) is 4.98 Å². The summed E-state index contributed by atoms with van der Waals surface area (Å²) >= 11 is 6.24. The number of nitrogens with zero attached hydrogens (tertiary/aromatic N) is 3. The van der Waals surface area contributed by atoms with Gasteiger partial charge in [0, 0.05) is 13.2 Å². The Hall–Kier alpha value is -2.62. The molecule has 4 rings (SSSR count). The lowest BCUT2D eigenvalue weighted by Gasteiger charge is -2.30. The van der Waals surface area contributed by atoms with Crippen LogP contribution in [0.2, 0.25) is 5.02 Å². The number of halogens is 1. The molecule has 2 aliphatic rings. The number of rotatable bonds is 7. The van der Waals surface area contributed by atoms with E-state index in [4.69, 9.17) is 25.8 Å². The number of ether oxygens (including phenoxy) is 3. The zero-order valence-electron chi connectivity index (χ0n) is 16.6. The van der Waals surface area contributed by atoms with Crippen molar-refractivity contribution in [1.29, 1.82) is 0 Å². The third kappa shape index (κ3) is 4.75. The van der Waals surface area contributed by atoms with Gasteiger partial charge < -0.3 is 29.7 Å². The van der Waals surface area contributed by atoms with Gasteiger partial charge in [-0.15, -0.1) is 0 Å². The minimum Gasteiger partial charge on any atom is -0.495 e. The molecule has 10 heteroatoms. The van der Waals surface area contributed by atoms with Crippen molar-refractivity contribution in [1.82, 2.24) is 14.9 Å². The SMILES string of the molecule is COc1cc(C2CN(C=O)CCO2)ccc1Nc1ncc(Cl)c(NC2CCOC2)n1. The summed E-state index contributed by atoms with van der Waals surface area (Å²) in [4.78, 5) is 21.5. The molecule has 0 bridgehead atoms. The second-order valence-electron chi connectivity index (χ2n) is 7.14. The third-order valence-corrected chi connectivity index (χ3v) is 5.38. The van der Waals surface area contributed by atoms with Gasteiger partial charge in [-0.1, -0.05) is 17.7 Å². The topological polar surface area (TPSA) is 97.8 Å². The van der Waals surface area contributed by atoms with E-state index in [9.17, 15) is 4.79 Å². The molecule has 2 unspecified atom stereocenters. The highest BCUT2D eigenvalue weighted by atomic mass is 35.5. The first kappa shape index (κ1) is 20.6. The molecule has 0 saturated carbocycles. The molecule has 3 heterocycles. The zero-order chi connectivity index (χ0) is 20.9. The summed E-state index contributed by atoms with van der Waals surface area (Å²) in [6.45, 7) is 2.98. The van der Waals surface area contributed by atoms with E-state index in [-0.39, 0.29) is 12.1 Å². The van der Waals surface area contributed by atoms with E-state index < -0.39 is 0 Å². The Morgan fingerprint density at radius 3 is 3.03 bits per heavy atom. The summed E-state index contributed by atoms with van der Waals surface area (Å²) in [5.74, 6) is 1.58. The number of morpholine rings is 1. The van der Waals surface area contributed by atoms with Crippen LogP contribution in [0.25, 0.3) is 0 Å². The summed E-state index contributed by atoms with van der Waals surface area (Å²) in [7, 11) is 1.60. The van der Waals surface area contributed by atoms with Crippen LogP contribution in [0.15, 0.2) is 24.4 Å². The van der Waals surface area contributed by atoms with Crippen LogP contribution in [0.4, 0.5) is 17.5 Å².